The van der Waals surface area contributed by atoms with Crippen molar-refractivity contribution in [3.05, 3.63) is 60.2 Å². The van der Waals surface area contributed by atoms with Gasteiger partial charge in [-0.1, -0.05) is 12.1 Å². The van der Waals surface area contributed by atoms with Crippen LogP contribution in [0.1, 0.15) is 18.7 Å². The molecule has 0 saturated carbocycles. The zero-order valence-electron chi connectivity index (χ0n) is 16.3. The third-order valence-corrected chi connectivity index (χ3v) is 7.19. The monoisotopic (exact) mass is 430 g/mol. The molecule has 2 heterocycles. The summed E-state index contributed by atoms with van der Waals surface area (Å²) in [4.78, 5) is 20.3. The lowest BCUT2D eigenvalue weighted by Gasteiger charge is -2.31. The average molecular weight is 431 g/mol. The lowest BCUT2D eigenvalue weighted by atomic mass is 9.99. The Balaban J connectivity index is 1.34. The molecule has 158 valence electrons. The van der Waals surface area contributed by atoms with Crippen molar-refractivity contribution in [2.75, 3.05) is 19.6 Å². The highest BCUT2D eigenvalue weighted by Gasteiger charge is 2.33. The number of nitrogens with one attached hydrogen (secondary N) is 2. The van der Waals surface area contributed by atoms with Crippen LogP contribution < -0.4 is 5.32 Å². The van der Waals surface area contributed by atoms with Crippen LogP contribution in [0.25, 0.3) is 11.0 Å². The molecular weight excluding hydrogens is 407 g/mol. The molecule has 3 aromatic rings. The van der Waals surface area contributed by atoms with Crippen LogP contribution >= 0.6 is 0 Å². The molecule has 2 N–H and O–H groups in total. The van der Waals surface area contributed by atoms with Gasteiger partial charge in [-0.15, -0.1) is 0 Å². The average Bonchev–Trinajstić information content (AvgIpc) is 3.17. The molecule has 2 aromatic carbocycles. The van der Waals surface area contributed by atoms with Gasteiger partial charge in [-0.05, 0) is 49.2 Å². The first-order chi connectivity index (χ1) is 14.4. The molecule has 4 rings (SSSR count). The normalized spacial score (nSPS) is 17.8. The van der Waals surface area contributed by atoms with E-state index in [1.54, 1.807) is 0 Å². The van der Waals surface area contributed by atoms with Crippen molar-refractivity contribution >= 4 is 27.0 Å². The van der Waals surface area contributed by atoms with E-state index in [1.165, 1.54) is 16.4 Å². The van der Waals surface area contributed by atoms with Gasteiger partial charge in [-0.2, -0.15) is 4.31 Å². The summed E-state index contributed by atoms with van der Waals surface area (Å²) in [7, 11) is -3.75. The number of amides is 1. The van der Waals surface area contributed by atoms with Crippen molar-refractivity contribution in [2.45, 2.75) is 24.2 Å². The number of imidazole rings is 1. The second-order valence-electron chi connectivity index (χ2n) is 7.40. The van der Waals surface area contributed by atoms with E-state index in [9.17, 15) is 17.6 Å². The molecule has 0 radical (unpaired) electrons. The predicted molar refractivity (Wildman–Crippen MR) is 111 cm³/mol. The zero-order chi connectivity index (χ0) is 21.1. The van der Waals surface area contributed by atoms with Gasteiger partial charge in [0, 0.05) is 26.1 Å². The highest BCUT2D eigenvalue weighted by Crippen LogP contribution is 2.24. The van der Waals surface area contributed by atoms with E-state index in [0.717, 1.165) is 29.0 Å². The maximum Gasteiger partial charge on any atom is 0.243 e. The van der Waals surface area contributed by atoms with Crippen LogP contribution in [-0.2, 0) is 21.2 Å². The quantitative estimate of drug-likeness (QED) is 0.628. The second kappa shape index (κ2) is 8.53. The van der Waals surface area contributed by atoms with Crippen LogP contribution in [0.3, 0.4) is 0 Å². The molecule has 7 nitrogen and oxygen atoms in total. The minimum absolute atomic E-state index is 0.0369. The summed E-state index contributed by atoms with van der Waals surface area (Å²) in [6.07, 6.45) is 1.79. The van der Waals surface area contributed by atoms with Crippen LogP contribution in [0.4, 0.5) is 4.39 Å². The standard InChI is InChI=1S/C21H23FN4O3S/c22-16-7-9-17(10-8-16)30(28,29)26-13-3-4-15(14-26)21(27)23-12-11-20-24-18-5-1-2-6-19(18)25-20/h1-2,5-10,15H,3-4,11-14H2,(H,23,27)(H,24,25). The first kappa shape index (κ1) is 20.5. The number of H-pyrrole nitrogens is 1. The van der Waals surface area contributed by atoms with Gasteiger partial charge >= 0.3 is 0 Å². The molecule has 0 bridgehead atoms. The molecule has 1 saturated heterocycles. The lowest BCUT2D eigenvalue weighted by Crippen LogP contribution is -2.45. The third kappa shape index (κ3) is 4.36. The van der Waals surface area contributed by atoms with Crippen LogP contribution in [0.2, 0.25) is 0 Å². The molecule has 1 atom stereocenters. The van der Waals surface area contributed by atoms with E-state index in [4.69, 9.17) is 0 Å². The van der Waals surface area contributed by atoms with Gasteiger partial charge in [0.25, 0.3) is 0 Å². The Kier molecular flexibility index (Phi) is 5.83. The Bertz CT molecular complexity index is 1110. The van der Waals surface area contributed by atoms with Crippen molar-refractivity contribution < 1.29 is 17.6 Å². The Morgan fingerprint density at radius 1 is 1.20 bits per heavy atom. The largest absolute Gasteiger partial charge is 0.355 e. The number of hydrogen-bond donors (Lipinski definition) is 2. The van der Waals surface area contributed by atoms with E-state index < -0.39 is 21.8 Å². The fourth-order valence-electron chi connectivity index (χ4n) is 3.70. The molecule has 0 aliphatic carbocycles. The van der Waals surface area contributed by atoms with Gasteiger partial charge in [-0.3, -0.25) is 4.79 Å². The molecule has 0 spiro atoms. The van der Waals surface area contributed by atoms with E-state index in [-0.39, 0.29) is 17.3 Å². The Labute approximate surface area is 174 Å². The van der Waals surface area contributed by atoms with E-state index in [0.29, 0.717) is 32.4 Å². The highest BCUT2D eigenvalue weighted by atomic mass is 32.2. The number of hydrogen-bond acceptors (Lipinski definition) is 4. The number of aromatic nitrogens is 2. The summed E-state index contributed by atoms with van der Waals surface area (Å²) in [5, 5.41) is 2.89. The van der Waals surface area contributed by atoms with Crippen LogP contribution in [0.15, 0.2) is 53.4 Å². The molecule has 1 aliphatic rings. The highest BCUT2D eigenvalue weighted by molar-refractivity contribution is 7.89. The number of nitrogens with zero attached hydrogens (tertiary/aromatic N) is 2. The van der Waals surface area contributed by atoms with Crippen molar-refractivity contribution in [2.24, 2.45) is 5.92 Å². The third-order valence-electron chi connectivity index (χ3n) is 5.31. The molecule has 1 aliphatic heterocycles. The molecule has 1 fully saturated rings. The fraction of sp³-hybridized carbons (Fsp3) is 0.333. The van der Waals surface area contributed by atoms with Crippen LogP contribution in [-0.4, -0.2) is 48.2 Å². The molecule has 30 heavy (non-hydrogen) atoms. The summed E-state index contributed by atoms with van der Waals surface area (Å²) >= 11 is 0. The van der Waals surface area contributed by atoms with Gasteiger partial charge in [0.05, 0.1) is 21.8 Å². The molecular formula is C21H23FN4O3S. The summed E-state index contributed by atoms with van der Waals surface area (Å²) in [6.45, 7) is 0.887. The Morgan fingerprint density at radius 2 is 1.97 bits per heavy atom. The summed E-state index contributed by atoms with van der Waals surface area (Å²) in [5.41, 5.74) is 1.83. The molecule has 1 unspecified atom stereocenters. The first-order valence-electron chi connectivity index (χ1n) is 9.90. The van der Waals surface area contributed by atoms with Crippen molar-refractivity contribution in [1.29, 1.82) is 0 Å². The van der Waals surface area contributed by atoms with Gasteiger partial charge in [0.15, 0.2) is 0 Å². The minimum atomic E-state index is -3.75. The number of rotatable bonds is 6. The van der Waals surface area contributed by atoms with E-state index >= 15 is 0 Å². The zero-order valence-corrected chi connectivity index (χ0v) is 17.2. The van der Waals surface area contributed by atoms with E-state index in [1.807, 2.05) is 24.3 Å². The summed E-state index contributed by atoms with van der Waals surface area (Å²) in [6, 6.07) is 12.5. The number of carbonyl (C=O) groups excluding carboxylic acids is 1. The first-order valence-corrected chi connectivity index (χ1v) is 11.3. The summed E-state index contributed by atoms with van der Waals surface area (Å²) in [5.74, 6) is -0.273. The van der Waals surface area contributed by atoms with Crippen molar-refractivity contribution in [3.8, 4) is 0 Å². The Morgan fingerprint density at radius 3 is 2.73 bits per heavy atom. The van der Waals surface area contributed by atoms with Gasteiger partial charge < -0.3 is 10.3 Å². The van der Waals surface area contributed by atoms with Gasteiger partial charge in [-0.25, -0.2) is 17.8 Å². The summed E-state index contributed by atoms with van der Waals surface area (Å²) < 4.78 is 40.1. The number of para-hydroxylation sites is 2. The number of benzene rings is 2. The SMILES string of the molecule is O=C(NCCc1nc2ccccc2[nH]1)C1CCCN(S(=O)(=O)c2ccc(F)cc2)C1. The maximum atomic E-state index is 13.1. The molecule has 9 heteroatoms. The number of aromatic amines is 1. The molecule has 1 amide bonds. The smallest absolute Gasteiger partial charge is 0.243 e. The van der Waals surface area contributed by atoms with Gasteiger partial charge in [0.1, 0.15) is 11.6 Å². The number of fused-ring (bicyclic) bond motifs is 1. The number of carbonyl (C=O) groups is 1. The number of sulfonamides is 1. The minimum Gasteiger partial charge on any atom is -0.355 e. The second-order valence-corrected chi connectivity index (χ2v) is 9.34. The molecule has 1 aromatic heterocycles. The maximum absolute atomic E-state index is 13.1. The Hall–Kier alpha value is -2.78. The van der Waals surface area contributed by atoms with Gasteiger partial charge in [0.2, 0.25) is 15.9 Å². The van der Waals surface area contributed by atoms with Crippen molar-refractivity contribution in [3.63, 3.8) is 0 Å². The topological polar surface area (TPSA) is 95.2 Å². The van der Waals surface area contributed by atoms with E-state index in [2.05, 4.69) is 15.3 Å². The van der Waals surface area contributed by atoms with Crippen LogP contribution in [0, 0.1) is 11.7 Å². The van der Waals surface area contributed by atoms with Crippen molar-refractivity contribution in [1.82, 2.24) is 19.6 Å². The van der Waals surface area contributed by atoms with Crippen LogP contribution in [0.5, 0.6) is 0 Å². The predicted octanol–water partition coefficient (Wildman–Crippen LogP) is 2.46. The lowest BCUT2D eigenvalue weighted by molar-refractivity contribution is -0.126. The number of piperidine rings is 1. The number of halogens is 1. The fourth-order valence-corrected chi connectivity index (χ4v) is 5.23.